The Hall–Kier alpha value is -2.76. The molecule has 1 N–H and O–H groups in total. The molecule has 0 aliphatic heterocycles. The van der Waals surface area contributed by atoms with Crippen LogP contribution in [0.15, 0.2) is 40.8 Å². The number of nitrogens with zero attached hydrogens (tertiary/aromatic N) is 1. The lowest BCUT2D eigenvalue weighted by molar-refractivity contribution is 0.0698. The Morgan fingerprint density at radius 3 is 2.65 bits per heavy atom. The second-order valence-electron chi connectivity index (χ2n) is 4.08. The zero-order valence-electron chi connectivity index (χ0n) is 9.93. The largest absolute Gasteiger partial charge is 0.478 e. The number of hydrogen-bond acceptors (Lipinski definition) is 3. The number of para-hydroxylation sites is 1. The van der Waals surface area contributed by atoms with Gasteiger partial charge in [0.05, 0.1) is 5.56 Å². The van der Waals surface area contributed by atoms with E-state index in [1.54, 1.807) is 0 Å². The summed E-state index contributed by atoms with van der Waals surface area (Å²) in [6.45, 7) is 0. The smallest absolute Gasteiger partial charge is 0.339 e. The lowest BCUT2D eigenvalue weighted by Gasteiger charge is -1.98. The van der Waals surface area contributed by atoms with Crippen LogP contribution in [0, 0.1) is 11.6 Å². The monoisotopic (exact) mass is 275 g/mol. The summed E-state index contributed by atoms with van der Waals surface area (Å²) in [7, 11) is 0. The predicted molar refractivity (Wildman–Crippen MR) is 66.3 cm³/mol. The quantitative estimate of drug-likeness (QED) is 0.777. The van der Waals surface area contributed by atoms with Crippen LogP contribution in [0.1, 0.15) is 10.4 Å². The summed E-state index contributed by atoms with van der Waals surface area (Å²) >= 11 is 0. The minimum atomic E-state index is -1.18. The van der Waals surface area contributed by atoms with Crippen molar-refractivity contribution in [2.24, 2.45) is 0 Å². The molecule has 0 saturated carbocycles. The topological polar surface area (TPSA) is 63.3 Å². The fraction of sp³-hybridized carbons (Fsp3) is 0. The molecule has 0 bridgehead atoms. The number of hydrogen-bond donors (Lipinski definition) is 1. The molecule has 0 atom stereocenters. The van der Waals surface area contributed by atoms with Gasteiger partial charge < -0.3 is 9.52 Å². The van der Waals surface area contributed by atoms with E-state index in [1.807, 2.05) is 0 Å². The number of rotatable bonds is 2. The normalized spacial score (nSPS) is 10.9. The number of oxazole rings is 1. The van der Waals surface area contributed by atoms with Gasteiger partial charge in [-0.2, -0.15) is 0 Å². The maximum Gasteiger partial charge on any atom is 0.339 e. The molecular weight excluding hydrogens is 268 g/mol. The molecule has 1 aromatic heterocycles. The Bertz CT molecular complexity index is 826. The van der Waals surface area contributed by atoms with Crippen molar-refractivity contribution in [1.29, 1.82) is 0 Å². The molecule has 0 amide bonds. The third-order valence-corrected chi connectivity index (χ3v) is 2.83. The van der Waals surface area contributed by atoms with E-state index >= 15 is 0 Å². The zero-order chi connectivity index (χ0) is 14.3. The van der Waals surface area contributed by atoms with E-state index in [2.05, 4.69) is 4.98 Å². The van der Waals surface area contributed by atoms with Gasteiger partial charge in [-0.1, -0.05) is 12.1 Å². The lowest BCUT2D eigenvalue weighted by Crippen LogP contribution is -1.95. The number of halogens is 2. The summed E-state index contributed by atoms with van der Waals surface area (Å²) in [5.74, 6) is -3.46. The molecule has 0 aliphatic carbocycles. The number of carboxylic acids is 1. The van der Waals surface area contributed by atoms with Gasteiger partial charge >= 0.3 is 5.97 Å². The van der Waals surface area contributed by atoms with Gasteiger partial charge in [-0.15, -0.1) is 0 Å². The average Bonchev–Trinajstić information content (AvgIpc) is 2.84. The molecular formula is C14H7F2NO3. The third kappa shape index (κ3) is 1.82. The highest BCUT2D eigenvalue weighted by molar-refractivity contribution is 6.00. The van der Waals surface area contributed by atoms with Crippen LogP contribution in [-0.4, -0.2) is 16.1 Å². The standard InChI is InChI=1S/C14H7F2NO3/c15-9-5-1-3-7(11(9)16)13-17-10-6-2-4-8(14(18)19)12(10)20-13/h1-6H,(H,18,19). The first-order valence-corrected chi connectivity index (χ1v) is 5.65. The molecule has 3 rings (SSSR count). The lowest BCUT2D eigenvalue weighted by atomic mass is 10.2. The molecule has 6 heteroatoms. The number of aromatic carboxylic acids is 1. The van der Waals surface area contributed by atoms with Gasteiger partial charge in [-0.3, -0.25) is 0 Å². The van der Waals surface area contributed by atoms with Crippen molar-refractivity contribution < 1.29 is 23.1 Å². The van der Waals surface area contributed by atoms with E-state index in [1.165, 1.54) is 30.3 Å². The minimum Gasteiger partial charge on any atom is -0.478 e. The van der Waals surface area contributed by atoms with Gasteiger partial charge in [0.1, 0.15) is 11.1 Å². The molecule has 0 saturated heterocycles. The van der Waals surface area contributed by atoms with Gasteiger partial charge in [0, 0.05) is 0 Å². The van der Waals surface area contributed by atoms with E-state index < -0.39 is 17.6 Å². The Labute approximate surface area is 111 Å². The Morgan fingerprint density at radius 2 is 1.90 bits per heavy atom. The summed E-state index contributed by atoms with van der Waals surface area (Å²) in [5, 5.41) is 9.04. The molecule has 0 radical (unpaired) electrons. The highest BCUT2D eigenvalue weighted by Gasteiger charge is 2.18. The summed E-state index contributed by atoms with van der Waals surface area (Å²) < 4.78 is 32.2. The van der Waals surface area contributed by atoms with E-state index in [4.69, 9.17) is 9.52 Å². The predicted octanol–water partition coefficient (Wildman–Crippen LogP) is 3.47. The molecule has 3 aromatic rings. The molecule has 4 nitrogen and oxygen atoms in total. The first kappa shape index (κ1) is 12.3. The van der Waals surface area contributed by atoms with Crippen molar-refractivity contribution in [3.05, 3.63) is 53.6 Å². The van der Waals surface area contributed by atoms with Crippen molar-refractivity contribution in [2.45, 2.75) is 0 Å². The van der Waals surface area contributed by atoms with Gasteiger partial charge in [0.15, 0.2) is 17.2 Å². The summed E-state index contributed by atoms with van der Waals surface area (Å²) in [6, 6.07) is 7.99. The van der Waals surface area contributed by atoms with Crippen LogP contribution in [0.3, 0.4) is 0 Å². The molecule has 20 heavy (non-hydrogen) atoms. The van der Waals surface area contributed by atoms with Crippen molar-refractivity contribution in [2.75, 3.05) is 0 Å². The van der Waals surface area contributed by atoms with Crippen LogP contribution in [0.4, 0.5) is 8.78 Å². The number of aromatic nitrogens is 1. The molecule has 100 valence electrons. The minimum absolute atomic E-state index is 0.0265. The first-order valence-electron chi connectivity index (χ1n) is 5.65. The van der Waals surface area contributed by atoms with E-state index in [0.29, 0.717) is 0 Å². The maximum absolute atomic E-state index is 13.7. The number of fused-ring (bicyclic) bond motifs is 1. The highest BCUT2D eigenvalue weighted by atomic mass is 19.2. The van der Waals surface area contributed by atoms with Gasteiger partial charge in [-0.05, 0) is 24.3 Å². The van der Waals surface area contributed by atoms with E-state index in [9.17, 15) is 13.6 Å². The molecule has 1 heterocycles. The number of carboxylic acid groups (broad SMARTS) is 1. The fourth-order valence-corrected chi connectivity index (χ4v) is 1.90. The number of carbonyl (C=O) groups is 1. The Kier molecular flexibility index (Phi) is 2.71. The van der Waals surface area contributed by atoms with Gasteiger partial charge in [-0.25, -0.2) is 18.6 Å². The SMILES string of the molecule is O=C(O)c1cccc2nc(-c3cccc(F)c3F)oc12. The van der Waals surface area contributed by atoms with Crippen LogP contribution in [-0.2, 0) is 0 Å². The van der Waals surface area contributed by atoms with Crippen molar-refractivity contribution >= 4 is 17.1 Å². The molecule has 0 spiro atoms. The molecule has 0 fully saturated rings. The first-order chi connectivity index (χ1) is 9.58. The molecule has 0 unspecified atom stereocenters. The summed E-state index contributed by atoms with van der Waals surface area (Å²) in [4.78, 5) is 15.1. The van der Waals surface area contributed by atoms with Crippen LogP contribution in [0.25, 0.3) is 22.6 Å². The van der Waals surface area contributed by atoms with E-state index in [-0.39, 0.29) is 28.1 Å². The third-order valence-electron chi connectivity index (χ3n) is 2.83. The molecule has 2 aromatic carbocycles. The fourth-order valence-electron chi connectivity index (χ4n) is 1.90. The highest BCUT2D eigenvalue weighted by Crippen LogP contribution is 2.29. The van der Waals surface area contributed by atoms with Crippen molar-refractivity contribution in [1.82, 2.24) is 4.98 Å². The Balaban J connectivity index is 2.26. The van der Waals surface area contributed by atoms with Gasteiger partial charge in [0.2, 0.25) is 5.89 Å². The van der Waals surface area contributed by atoms with E-state index in [0.717, 1.165) is 6.07 Å². The van der Waals surface area contributed by atoms with Crippen LogP contribution in [0.2, 0.25) is 0 Å². The Morgan fingerprint density at radius 1 is 1.15 bits per heavy atom. The zero-order valence-corrected chi connectivity index (χ0v) is 9.93. The van der Waals surface area contributed by atoms with Crippen molar-refractivity contribution in [3.8, 4) is 11.5 Å². The van der Waals surface area contributed by atoms with Crippen LogP contribution < -0.4 is 0 Å². The van der Waals surface area contributed by atoms with Crippen LogP contribution >= 0.6 is 0 Å². The summed E-state index contributed by atoms with van der Waals surface area (Å²) in [6.07, 6.45) is 0. The average molecular weight is 275 g/mol. The maximum atomic E-state index is 13.7. The second kappa shape index (κ2) is 4.41. The summed E-state index contributed by atoms with van der Waals surface area (Å²) in [5.41, 5.74) is 0.0535. The second-order valence-corrected chi connectivity index (χ2v) is 4.08. The number of benzene rings is 2. The van der Waals surface area contributed by atoms with Gasteiger partial charge in [0.25, 0.3) is 0 Å². The molecule has 0 aliphatic rings. The van der Waals surface area contributed by atoms with Crippen molar-refractivity contribution in [3.63, 3.8) is 0 Å². The van der Waals surface area contributed by atoms with Crippen LogP contribution in [0.5, 0.6) is 0 Å².